The van der Waals surface area contributed by atoms with Crippen molar-refractivity contribution in [1.82, 2.24) is 10.2 Å². The van der Waals surface area contributed by atoms with Crippen molar-refractivity contribution in [2.24, 2.45) is 0 Å². The molecule has 76 valence electrons. The molecule has 0 aromatic heterocycles. The van der Waals surface area contributed by atoms with Crippen LogP contribution in [0.1, 0.15) is 20.3 Å². The van der Waals surface area contributed by atoms with Crippen LogP contribution in [0.2, 0.25) is 0 Å². The fourth-order valence-electron chi connectivity index (χ4n) is 1.75. The molecule has 0 aromatic carbocycles. The third-order valence-corrected chi connectivity index (χ3v) is 2.48. The summed E-state index contributed by atoms with van der Waals surface area (Å²) in [6, 6.07) is 0.211. The average molecular weight is 186 g/mol. The van der Waals surface area contributed by atoms with Gasteiger partial charge in [0.2, 0.25) is 5.91 Å². The van der Waals surface area contributed by atoms with Gasteiger partial charge in [0.25, 0.3) is 0 Å². The molecule has 2 atom stereocenters. The van der Waals surface area contributed by atoms with Crippen molar-refractivity contribution in [3.8, 4) is 0 Å². The largest absolute Gasteiger partial charge is 0.383 e. The van der Waals surface area contributed by atoms with E-state index >= 15 is 0 Å². The van der Waals surface area contributed by atoms with E-state index in [1.54, 1.807) is 7.11 Å². The Morgan fingerprint density at radius 1 is 1.77 bits per heavy atom. The highest BCUT2D eigenvalue weighted by Crippen LogP contribution is 2.12. The lowest BCUT2D eigenvalue weighted by Crippen LogP contribution is -2.44. The van der Waals surface area contributed by atoms with E-state index in [1.165, 1.54) is 0 Å². The quantitative estimate of drug-likeness (QED) is 0.681. The van der Waals surface area contributed by atoms with E-state index in [2.05, 4.69) is 12.2 Å². The molecule has 1 heterocycles. The molecule has 4 heteroatoms. The van der Waals surface area contributed by atoms with Crippen molar-refractivity contribution in [2.75, 3.05) is 20.3 Å². The Morgan fingerprint density at radius 2 is 2.46 bits per heavy atom. The van der Waals surface area contributed by atoms with E-state index in [1.807, 2.05) is 11.8 Å². The lowest BCUT2D eigenvalue weighted by Gasteiger charge is -2.29. The van der Waals surface area contributed by atoms with Crippen LogP contribution in [0.25, 0.3) is 0 Å². The molecule has 1 saturated heterocycles. The molecule has 0 bridgehead atoms. The van der Waals surface area contributed by atoms with Gasteiger partial charge in [-0.15, -0.1) is 0 Å². The van der Waals surface area contributed by atoms with Gasteiger partial charge in [-0.1, -0.05) is 6.92 Å². The highest BCUT2D eigenvalue weighted by Gasteiger charge is 2.31. The smallest absolute Gasteiger partial charge is 0.238 e. The third kappa shape index (κ3) is 2.19. The van der Waals surface area contributed by atoms with Gasteiger partial charge in [-0.3, -0.25) is 10.1 Å². The maximum absolute atomic E-state index is 11.5. The summed E-state index contributed by atoms with van der Waals surface area (Å²) in [5.74, 6) is 0.177. The predicted molar refractivity (Wildman–Crippen MR) is 50.3 cm³/mol. The molecule has 1 N–H and O–H groups in total. The fraction of sp³-hybridized carbons (Fsp3) is 0.889. The summed E-state index contributed by atoms with van der Waals surface area (Å²) in [6.07, 6.45) is 1.08. The summed E-state index contributed by atoms with van der Waals surface area (Å²) in [5, 5.41) is 3.11. The number of ether oxygens (including phenoxy) is 1. The number of carbonyl (C=O) groups excluding carboxylic acids is 1. The summed E-state index contributed by atoms with van der Waals surface area (Å²) >= 11 is 0. The normalized spacial score (nSPS) is 25.3. The molecule has 4 nitrogen and oxygen atoms in total. The van der Waals surface area contributed by atoms with E-state index in [0.717, 1.165) is 6.42 Å². The van der Waals surface area contributed by atoms with Gasteiger partial charge >= 0.3 is 0 Å². The Balaban J connectivity index is 2.60. The lowest BCUT2D eigenvalue weighted by molar-refractivity contribution is -0.131. The molecule has 2 unspecified atom stereocenters. The first kappa shape index (κ1) is 10.5. The molecule has 0 aliphatic carbocycles. The minimum absolute atomic E-state index is 0.146. The first-order valence-electron chi connectivity index (χ1n) is 4.74. The van der Waals surface area contributed by atoms with Gasteiger partial charge in [-0.2, -0.15) is 0 Å². The number of nitrogens with zero attached hydrogens (tertiary/aromatic N) is 1. The predicted octanol–water partition coefficient (Wildman–Crippen LogP) is 0.189. The Bertz CT molecular complexity index is 184. The topological polar surface area (TPSA) is 41.6 Å². The molecule has 0 radical (unpaired) electrons. The maximum atomic E-state index is 11.5. The van der Waals surface area contributed by atoms with Crippen LogP contribution in [0.15, 0.2) is 0 Å². The standard InChI is InChI=1S/C9H18N2O2/c1-4-8(6-13-3)11-7(2)10-5-9(11)12/h7-8,10H,4-6H2,1-3H3. The molecule has 0 spiro atoms. The number of rotatable bonds is 4. The first-order chi connectivity index (χ1) is 6.20. The van der Waals surface area contributed by atoms with E-state index in [-0.39, 0.29) is 18.1 Å². The number of carbonyl (C=O) groups is 1. The molecule has 1 amide bonds. The van der Waals surface area contributed by atoms with E-state index < -0.39 is 0 Å². The van der Waals surface area contributed by atoms with E-state index in [9.17, 15) is 4.79 Å². The van der Waals surface area contributed by atoms with Crippen molar-refractivity contribution in [1.29, 1.82) is 0 Å². The monoisotopic (exact) mass is 186 g/mol. The summed E-state index contributed by atoms with van der Waals surface area (Å²) < 4.78 is 5.08. The Labute approximate surface area is 79.2 Å². The minimum Gasteiger partial charge on any atom is -0.383 e. The van der Waals surface area contributed by atoms with Crippen LogP contribution in [-0.4, -0.2) is 43.3 Å². The van der Waals surface area contributed by atoms with Crippen molar-refractivity contribution >= 4 is 5.91 Å². The highest BCUT2D eigenvalue weighted by atomic mass is 16.5. The van der Waals surface area contributed by atoms with Crippen molar-refractivity contribution in [3.63, 3.8) is 0 Å². The zero-order chi connectivity index (χ0) is 9.84. The van der Waals surface area contributed by atoms with Crippen LogP contribution in [0, 0.1) is 0 Å². The number of hydrogen-bond acceptors (Lipinski definition) is 3. The highest BCUT2D eigenvalue weighted by molar-refractivity contribution is 5.80. The molecule has 1 aliphatic rings. The number of nitrogens with one attached hydrogen (secondary N) is 1. The molecular formula is C9H18N2O2. The number of amides is 1. The molecule has 0 aromatic rings. The first-order valence-corrected chi connectivity index (χ1v) is 4.74. The van der Waals surface area contributed by atoms with Crippen LogP contribution >= 0.6 is 0 Å². The fourth-order valence-corrected chi connectivity index (χ4v) is 1.75. The van der Waals surface area contributed by atoms with E-state index in [4.69, 9.17) is 4.74 Å². The van der Waals surface area contributed by atoms with Gasteiger partial charge in [-0.25, -0.2) is 0 Å². The van der Waals surface area contributed by atoms with Crippen LogP contribution in [0.5, 0.6) is 0 Å². The van der Waals surface area contributed by atoms with Crippen LogP contribution < -0.4 is 5.32 Å². The maximum Gasteiger partial charge on any atom is 0.238 e. The van der Waals surface area contributed by atoms with Crippen LogP contribution in [0.3, 0.4) is 0 Å². The van der Waals surface area contributed by atoms with Crippen molar-refractivity contribution in [3.05, 3.63) is 0 Å². The molecule has 0 saturated carbocycles. The van der Waals surface area contributed by atoms with Gasteiger partial charge in [0.1, 0.15) is 0 Å². The second kappa shape index (κ2) is 4.58. The molecule has 1 fully saturated rings. The summed E-state index contributed by atoms with van der Waals surface area (Å²) in [5.41, 5.74) is 0. The second-order valence-electron chi connectivity index (χ2n) is 3.38. The zero-order valence-corrected chi connectivity index (χ0v) is 8.54. The summed E-state index contributed by atoms with van der Waals surface area (Å²) in [6.45, 7) is 5.15. The lowest BCUT2D eigenvalue weighted by atomic mass is 10.2. The van der Waals surface area contributed by atoms with Gasteiger partial charge in [0.05, 0.1) is 25.4 Å². The number of hydrogen-bond donors (Lipinski definition) is 1. The summed E-state index contributed by atoms with van der Waals surface area (Å²) in [4.78, 5) is 13.3. The van der Waals surface area contributed by atoms with Gasteiger partial charge < -0.3 is 9.64 Å². The van der Waals surface area contributed by atoms with Crippen LogP contribution in [0.4, 0.5) is 0 Å². The van der Waals surface area contributed by atoms with E-state index in [0.29, 0.717) is 13.2 Å². The Kier molecular flexibility index (Phi) is 3.69. The zero-order valence-electron chi connectivity index (χ0n) is 8.54. The van der Waals surface area contributed by atoms with Gasteiger partial charge in [0.15, 0.2) is 0 Å². The van der Waals surface area contributed by atoms with Crippen LogP contribution in [-0.2, 0) is 9.53 Å². The third-order valence-electron chi connectivity index (χ3n) is 2.48. The summed E-state index contributed by atoms with van der Waals surface area (Å²) in [7, 11) is 1.67. The molecule has 13 heavy (non-hydrogen) atoms. The SMILES string of the molecule is CCC(COC)N1C(=O)CNC1C. The Morgan fingerprint density at radius 3 is 2.85 bits per heavy atom. The number of methoxy groups -OCH3 is 1. The minimum atomic E-state index is 0.146. The van der Waals surface area contributed by atoms with Crippen molar-refractivity contribution in [2.45, 2.75) is 32.5 Å². The second-order valence-corrected chi connectivity index (χ2v) is 3.38. The van der Waals surface area contributed by atoms with Gasteiger partial charge in [-0.05, 0) is 13.3 Å². The van der Waals surface area contributed by atoms with Crippen molar-refractivity contribution < 1.29 is 9.53 Å². The average Bonchev–Trinajstić information content (AvgIpc) is 2.43. The Hall–Kier alpha value is -0.610. The van der Waals surface area contributed by atoms with Gasteiger partial charge in [0, 0.05) is 7.11 Å². The molecular weight excluding hydrogens is 168 g/mol. The molecule has 1 rings (SSSR count). The molecule has 1 aliphatic heterocycles.